The van der Waals surface area contributed by atoms with E-state index >= 15 is 0 Å². The Hall–Kier alpha value is -0.160. The van der Waals surface area contributed by atoms with Gasteiger partial charge in [-0.1, -0.05) is 33.6 Å². The van der Waals surface area contributed by atoms with E-state index in [0.29, 0.717) is 13.0 Å². The predicted molar refractivity (Wildman–Crippen MR) is 62.6 cm³/mol. The highest BCUT2D eigenvalue weighted by atomic mass is 17.2. The maximum Gasteiger partial charge on any atom is 0.194 e. The first kappa shape index (κ1) is 15.8. The molecule has 0 aliphatic rings. The molecule has 16 heavy (non-hydrogen) atoms. The molecule has 0 amide bonds. The molecular weight excluding hydrogens is 208 g/mol. The first-order valence-corrected chi connectivity index (χ1v) is 6.36. The molecule has 0 fully saturated rings. The van der Waals surface area contributed by atoms with E-state index in [9.17, 15) is 5.11 Å². The fraction of sp³-hybridized carbons (Fsp3) is 1.00. The van der Waals surface area contributed by atoms with Crippen molar-refractivity contribution in [3.05, 3.63) is 0 Å². The van der Waals surface area contributed by atoms with Crippen LogP contribution in [0.15, 0.2) is 0 Å². The Morgan fingerprint density at radius 2 is 1.81 bits per heavy atom. The van der Waals surface area contributed by atoms with E-state index in [1.807, 2.05) is 13.8 Å². The van der Waals surface area contributed by atoms with Gasteiger partial charge in [0.05, 0.1) is 6.61 Å². The molecule has 0 aromatic heterocycles. The highest BCUT2D eigenvalue weighted by Crippen LogP contribution is 2.11. The topological polar surface area (TPSA) is 47.9 Å². The lowest BCUT2D eigenvalue weighted by atomic mass is 10.2. The highest BCUT2D eigenvalue weighted by Gasteiger charge is 2.14. The minimum Gasteiger partial charge on any atom is -0.368 e. The summed E-state index contributed by atoms with van der Waals surface area (Å²) >= 11 is 0. The summed E-state index contributed by atoms with van der Waals surface area (Å²) in [6.07, 6.45) is 4.31. The molecule has 0 spiro atoms. The molecule has 1 N–H and O–H groups in total. The van der Waals surface area contributed by atoms with E-state index in [2.05, 4.69) is 6.92 Å². The number of aliphatic hydroxyl groups excluding tert-OH is 1. The van der Waals surface area contributed by atoms with Gasteiger partial charge in [0, 0.05) is 6.42 Å². The molecule has 2 atom stereocenters. The summed E-state index contributed by atoms with van der Waals surface area (Å²) in [5, 5.41) is 9.38. The maximum absolute atomic E-state index is 9.38. The van der Waals surface area contributed by atoms with Crippen LogP contribution in [0.25, 0.3) is 0 Å². The lowest BCUT2D eigenvalue weighted by molar-refractivity contribution is -0.397. The van der Waals surface area contributed by atoms with Crippen LogP contribution in [0.2, 0.25) is 0 Å². The first-order chi connectivity index (χ1) is 7.74. The van der Waals surface area contributed by atoms with Gasteiger partial charge >= 0.3 is 0 Å². The van der Waals surface area contributed by atoms with Crippen molar-refractivity contribution < 1.29 is 19.6 Å². The molecule has 98 valence electrons. The molecule has 0 aliphatic heterocycles. The molecule has 0 rings (SSSR count). The number of rotatable bonds is 11. The zero-order valence-corrected chi connectivity index (χ0v) is 10.8. The van der Waals surface area contributed by atoms with Crippen LogP contribution in [0.4, 0.5) is 0 Å². The second kappa shape index (κ2) is 11.3. The minimum atomic E-state index is -0.767. The summed E-state index contributed by atoms with van der Waals surface area (Å²) in [5.74, 6) is 0. The van der Waals surface area contributed by atoms with Gasteiger partial charge < -0.3 is 9.84 Å². The predicted octanol–water partition coefficient (Wildman–Crippen LogP) is 3.00. The molecule has 4 heteroatoms. The average molecular weight is 234 g/mol. The van der Waals surface area contributed by atoms with E-state index in [-0.39, 0.29) is 0 Å². The highest BCUT2D eigenvalue weighted by molar-refractivity contribution is 4.47. The number of unbranched alkanes of at least 4 members (excludes halogenated alkanes) is 2. The van der Waals surface area contributed by atoms with Crippen molar-refractivity contribution in [1.82, 2.24) is 0 Å². The van der Waals surface area contributed by atoms with Crippen molar-refractivity contribution in [1.29, 1.82) is 0 Å². The third-order valence-electron chi connectivity index (χ3n) is 2.16. The molecule has 0 aromatic rings. The summed E-state index contributed by atoms with van der Waals surface area (Å²) in [4.78, 5) is 10.1. The van der Waals surface area contributed by atoms with Gasteiger partial charge in [-0.2, -0.15) is 0 Å². The van der Waals surface area contributed by atoms with Crippen molar-refractivity contribution in [2.75, 3.05) is 6.61 Å². The Balaban J connectivity index is 3.75. The number of aliphatic hydroxyl groups is 1. The molecule has 0 radical (unpaired) electrons. The van der Waals surface area contributed by atoms with Crippen molar-refractivity contribution in [3.8, 4) is 0 Å². The second-order valence-electron chi connectivity index (χ2n) is 3.84. The van der Waals surface area contributed by atoms with Gasteiger partial charge in [-0.05, 0) is 19.3 Å². The molecule has 2 unspecified atom stereocenters. The van der Waals surface area contributed by atoms with Crippen LogP contribution < -0.4 is 0 Å². The first-order valence-electron chi connectivity index (χ1n) is 6.36. The van der Waals surface area contributed by atoms with Crippen LogP contribution in [-0.4, -0.2) is 24.3 Å². The second-order valence-corrected chi connectivity index (χ2v) is 3.84. The zero-order chi connectivity index (χ0) is 12.2. The Morgan fingerprint density at radius 3 is 2.38 bits per heavy atom. The fourth-order valence-electron chi connectivity index (χ4n) is 1.18. The van der Waals surface area contributed by atoms with Gasteiger partial charge in [0.2, 0.25) is 0 Å². The Kier molecular flexibility index (Phi) is 11.2. The quantitative estimate of drug-likeness (QED) is 0.258. The van der Waals surface area contributed by atoms with Gasteiger partial charge in [-0.25, -0.2) is 9.78 Å². The number of ether oxygens (including phenoxy) is 1. The molecule has 0 saturated heterocycles. The van der Waals surface area contributed by atoms with Crippen molar-refractivity contribution >= 4 is 0 Å². The van der Waals surface area contributed by atoms with Crippen LogP contribution in [-0.2, 0) is 14.5 Å². The van der Waals surface area contributed by atoms with E-state index in [0.717, 1.165) is 32.1 Å². The molecule has 0 saturated carbocycles. The van der Waals surface area contributed by atoms with Crippen LogP contribution in [0.5, 0.6) is 0 Å². The molecule has 0 bridgehead atoms. The van der Waals surface area contributed by atoms with Crippen molar-refractivity contribution in [2.24, 2.45) is 0 Å². The average Bonchev–Trinajstić information content (AvgIpc) is 2.29. The van der Waals surface area contributed by atoms with Gasteiger partial charge in [0.1, 0.15) is 0 Å². The van der Waals surface area contributed by atoms with Gasteiger partial charge in [0.25, 0.3) is 0 Å². The summed E-state index contributed by atoms with van der Waals surface area (Å²) < 4.78 is 5.30. The number of hydrogen-bond donors (Lipinski definition) is 1. The number of hydrogen-bond acceptors (Lipinski definition) is 4. The van der Waals surface area contributed by atoms with Crippen LogP contribution in [0.1, 0.15) is 59.3 Å². The zero-order valence-electron chi connectivity index (χ0n) is 10.8. The largest absolute Gasteiger partial charge is 0.368 e. The van der Waals surface area contributed by atoms with E-state index in [4.69, 9.17) is 14.5 Å². The smallest absolute Gasteiger partial charge is 0.194 e. The summed E-state index contributed by atoms with van der Waals surface area (Å²) in [6.45, 7) is 6.57. The van der Waals surface area contributed by atoms with Crippen LogP contribution in [0, 0.1) is 0 Å². The monoisotopic (exact) mass is 234 g/mol. The molecule has 4 nitrogen and oxygen atoms in total. The van der Waals surface area contributed by atoms with Gasteiger partial charge in [0.15, 0.2) is 12.6 Å². The fourth-order valence-corrected chi connectivity index (χ4v) is 1.18. The normalized spacial score (nSPS) is 15.0. The SMILES string of the molecule is CCCCCC(OOCCC)OC(O)CC. The Bertz CT molecular complexity index is 131. The molecule has 0 aliphatic carbocycles. The van der Waals surface area contributed by atoms with E-state index in [1.165, 1.54) is 0 Å². The van der Waals surface area contributed by atoms with E-state index in [1.54, 1.807) is 0 Å². The van der Waals surface area contributed by atoms with Gasteiger partial charge in [-0.15, -0.1) is 0 Å². The third kappa shape index (κ3) is 9.09. The Morgan fingerprint density at radius 1 is 1.06 bits per heavy atom. The third-order valence-corrected chi connectivity index (χ3v) is 2.16. The molecule has 0 aromatic carbocycles. The van der Waals surface area contributed by atoms with E-state index < -0.39 is 12.6 Å². The molecule has 0 heterocycles. The Labute approximate surface area is 98.8 Å². The maximum atomic E-state index is 9.38. The summed E-state index contributed by atoms with van der Waals surface area (Å²) in [7, 11) is 0. The molecular formula is C12H26O4. The lowest BCUT2D eigenvalue weighted by Crippen LogP contribution is -2.24. The lowest BCUT2D eigenvalue weighted by Gasteiger charge is -2.19. The minimum absolute atomic E-state index is 0.451. The van der Waals surface area contributed by atoms with Crippen molar-refractivity contribution in [3.63, 3.8) is 0 Å². The summed E-state index contributed by atoms with van der Waals surface area (Å²) in [6, 6.07) is 0. The van der Waals surface area contributed by atoms with Crippen molar-refractivity contribution in [2.45, 2.75) is 71.9 Å². The standard InChI is InChI=1S/C12H26O4/c1-4-7-8-9-12(15-11(13)6-3)16-14-10-5-2/h11-13H,4-10H2,1-3H3. The summed E-state index contributed by atoms with van der Waals surface area (Å²) in [5.41, 5.74) is 0. The van der Waals surface area contributed by atoms with Crippen LogP contribution >= 0.6 is 0 Å². The van der Waals surface area contributed by atoms with Crippen LogP contribution in [0.3, 0.4) is 0 Å². The van der Waals surface area contributed by atoms with Gasteiger partial charge in [-0.3, -0.25) is 0 Å².